The zero-order valence-corrected chi connectivity index (χ0v) is 10.4. The van der Waals surface area contributed by atoms with Gasteiger partial charge >= 0.3 is 0 Å². The lowest BCUT2D eigenvalue weighted by Crippen LogP contribution is -2.04. The first-order valence-corrected chi connectivity index (χ1v) is 5.69. The molecule has 4 nitrogen and oxygen atoms in total. The Labute approximate surface area is 116 Å². The Morgan fingerprint density at radius 3 is 2.19 bits per heavy atom. The van der Waals surface area contributed by atoms with Crippen molar-refractivity contribution < 1.29 is 22.5 Å². The maximum absolute atomic E-state index is 13.5. The molecule has 0 saturated carbocycles. The molecule has 0 atom stereocenters. The van der Waals surface area contributed by atoms with E-state index < -0.39 is 28.2 Å². The third kappa shape index (κ3) is 3.28. The summed E-state index contributed by atoms with van der Waals surface area (Å²) in [7, 11) is 0. The lowest BCUT2D eigenvalue weighted by Gasteiger charge is -2.08. The van der Waals surface area contributed by atoms with Crippen LogP contribution in [0.2, 0.25) is 0 Å². The van der Waals surface area contributed by atoms with E-state index in [0.717, 1.165) is 30.3 Å². The van der Waals surface area contributed by atoms with Crippen molar-refractivity contribution in [1.29, 1.82) is 0 Å². The number of nitro groups is 1. The van der Waals surface area contributed by atoms with Gasteiger partial charge in [0.2, 0.25) is 0 Å². The van der Waals surface area contributed by atoms with Gasteiger partial charge in [-0.1, -0.05) is 0 Å². The lowest BCUT2D eigenvalue weighted by atomic mass is 10.2. The van der Waals surface area contributed by atoms with Crippen molar-refractivity contribution in [2.24, 2.45) is 0 Å². The second-order valence-corrected chi connectivity index (χ2v) is 4.15. The van der Waals surface area contributed by atoms with Crippen LogP contribution in [0.5, 0.6) is 0 Å². The third-order valence-electron chi connectivity index (χ3n) is 2.69. The van der Waals surface area contributed by atoms with E-state index in [2.05, 4.69) is 5.32 Å². The summed E-state index contributed by atoms with van der Waals surface area (Å²) in [4.78, 5) is 9.87. The van der Waals surface area contributed by atoms with E-state index in [4.69, 9.17) is 0 Å². The Hall–Kier alpha value is -2.64. The highest BCUT2D eigenvalue weighted by Crippen LogP contribution is 2.22. The Morgan fingerprint density at radius 2 is 1.62 bits per heavy atom. The van der Waals surface area contributed by atoms with E-state index in [1.54, 1.807) is 0 Å². The zero-order chi connectivity index (χ0) is 15.6. The van der Waals surface area contributed by atoms with Crippen LogP contribution in [0.25, 0.3) is 0 Å². The predicted octanol–water partition coefficient (Wildman–Crippen LogP) is 3.76. The molecule has 0 aromatic heterocycles. The summed E-state index contributed by atoms with van der Waals surface area (Å²) < 4.78 is 52.3. The van der Waals surface area contributed by atoms with Crippen molar-refractivity contribution in [3.05, 3.63) is 69.3 Å². The van der Waals surface area contributed by atoms with Gasteiger partial charge in [0.05, 0.1) is 10.6 Å². The molecule has 0 aliphatic heterocycles. The van der Waals surface area contributed by atoms with Gasteiger partial charge in [-0.3, -0.25) is 10.1 Å². The second-order valence-electron chi connectivity index (χ2n) is 4.15. The molecule has 0 unspecified atom stereocenters. The summed E-state index contributed by atoms with van der Waals surface area (Å²) >= 11 is 0. The number of nitrogens with zero attached hydrogens (tertiary/aromatic N) is 1. The second kappa shape index (κ2) is 5.78. The van der Waals surface area contributed by atoms with Crippen molar-refractivity contribution in [3.8, 4) is 0 Å². The van der Waals surface area contributed by atoms with E-state index in [1.807, 2.05) is 0 Å². The maximum Gasteiger partial charge on any atom is 0.271 e. The van der Waals surface area contributed by atoms with Gasteiger partial charge in [0.15, 0.2) is 17.5 Å². The smallest absolute Gasteiger partial charge is 0.271 e. The van der Waals surface area contributed by atoms with Gasteiger partial charge in [0.25, 0.3) is 5.69 Å². The van der Waals surface area contributed by atoms with Crippen molar-refractivity contribution in [2.45, 2.75) is 6.54 Å². The van der Waals surface area contributed by atoms with Crippen molar-refractivity contribution >= 4 is 11.4 Å². The fraction of sp³-hybridized carbons (Fsp3) is 0.0769. The quantitative estimate of drug-likeness (QED) is 0.405. The maximum atomic E-state index is 13.5. The number of hydrogen-bond donors (Lipinski definition) is 1. The van der Waals surface area contributed by atoms with Crippen LogP contribution in [0.1, 0.15) is 5.56 Å². The molecule has 0 aliphatic rings. The fourth-order valence-corrected chi connectivity index (χ4v) is 1.67. The molecule has 1 N–H and O–H groups in total. The van der Waals surface area contributed by atoms with E-state index in [9.17, 15) is 27.7 Å². The molecular formula is C13H8F4N2O2. The van der Waals surface area contributed by atoms with E-state index in [0.29, 0.717) is 0 Å². The molecule has 0 aliphatic carbocycles. The number of non-ortho nitro benzene ring substituents is 1. The molecule has 2 rings (SSSR count). The van der Waals surface area contributed by atoms with Gasteiger partial charge in [0, 0.05) is 18.7 Å². The zero-order valence-electron chi connectivity index (χ0n) is 10.4. The normalized spacial score (nSPS) is 10.5. The fourth-order valence-electron chi connectivity index (χ4n) is 1.67. The number of nitrogens with one attached hydrogen (secondary N) is 1. The highest BCUT2D eigenvalue weighted by atomic mass is 19.2. The summed E-state index contributed by atoms with van der Waals surface area (Å²) in [6.07, 6.45) is 0. The Kier molecular flexibility index (Phi) is 4.06. The van der Waals surface area contributed by atoms with Crippen LogP contribution < -0.4 is 5.32 Å². The molecule has 0 bridgehead atoms. The molecule has 0 amide bonds. The van der Waals surface area contributed by atoms with Crippen molar-refractivity contribution in [1.82, 2.24) is 0 Å². The summed E-state index contributed by atoms with van der Waals surface area (Å²) in [5.74, 6) is -5.10. The van der Waals surface area contributed by atoms with Gasteiger partial charge in [-0.2, -0.15) is 0 Å². The monoisotopic (exact) mass is 300 g/mol. The third-order valence-corrected chi connectivity index (χ3v) is 2.69. The Morgan fingerprint density at radius 1 is 1.00 bits per heavy atom. The number of halogens is 4. The van der Waals surface area contributed by atoms with Crippen LogP contribution in [-0.2, 0) is 6.54 Å². The number of benzene rings is 2. The van der Waals surface area contributed by atoms with E-state index in [1.165, 1.54) is 0 Å². The van der Waals surface area contributed by atoms with Crippen LogP contribution in [0, 0.1) is 33.4 Å². The van der Waals surface area contributed by atoms with Crippen LogP contribution in [0.3, 0.4) is 0 Å². The molecule has 2 aromatic carbocycles. The predicted molar refractivity (Wildman–Crippen MR) is 66.7 cm³/mol. The van der Waals surface area contributed by atoms with Gasteiger partial charge in [0.1, 0.15) is 5.82 Å². The van der Waals surface area contributed by atoms with Gasteiger partial charge in [-0.25, -0.2) is 17.6 Å². The SMILES string of the molecule is O=[N+]([O-])c1ccc(F)c(NCc2cc(F)c(F)c(F)c2)c1. The molecule has 0 radical (unpaired) electrons. The van der Waals surface area contributed by atoms with Crippen LogP contribution in [-0.4, -0.2) is 4.92 Å². The minimum Gasteiger partial charge on any atom is -0.378 e. The highest BCUT2D eigenvalue weighted by molar-refractivity contribution is 5.52. The van der Waals surface area contributed by atoms with Crippen LogP contribution >= 0.6 is 0 Å². The number of hydrogen-bond acceptors (Lipinski definition) is 3. The van der Waals surface area contributed by atoms with Crippen LogP contribution in [0.4, 0.5) is 28.9 Å². The molecule has 2 aromatic rings. The highest BCUT2D eigenvalue weighted by Gasteiger charge is 2.13. The molecule has 21 heavy (non-hydrogen) atoms. The number of nitro benzene ring substituents is 1. The largest absolute Gasteiger partial charge is 0.378 e. The topological polar surface area (TPSA) is 55.2 Å². The molecule has 0 spiro atoms. The average Bonchev–Trinajstić information content (AvgIpc) is 2.43. The summed E-state index contributed by atoms with van der Waals surface area (Å²) in [5, 5.41) is 13.0. The number of rotatable bonds is 4. The molecular weight excluding hydrogens is 292 g/mol. The molecule has 0 fully saturated rings. The Bertz CT molecular complexity index is 684. The van der Waals surface area contributed by atoms with E-state index in [-0.39, 0.29) is 23.5 Å². The lowest BCUT2D eigenvalue weighted by molar-refractivity contribution is -0.384. The molecule has 0 saturated heterocycles. The van der Waals surface area contributed by atoms with Crippen molar-refractivity contribution in [3.63, 3.8) is 0 Å². The first kappa shape index (κ1) is 14.8. The summed E-state index contributed by atoms with van der Waals surface area (Å²) in [6.45, 7) is -0.230. The van der Waals surface area contributed by atoms with Gasteiger partial charge in [-0.05, 0) is 23.8 Å². The minimum atomic E-state index is -1.60. The standard InChI is InChI=1S/C13H8F4N2O2/c14-9-2-1-8(19(20)21)5-12(9)18-6-7-3-10(15)13(17)11(16)4-7/h1-5,18H,6H2. The molecule has 8 heteroatoms. The van der Waals surface area contributed by atoms with Gasteiger partial charge in [-0.15, -0.1) is 0 Å². The van der Waals surface area contributed by atoms with Gasteiger partial charge < -0.3 is 5.32 Å². The molecule has 110 valence electrons. The first-order valence-electron chi connectivity index (χ1n) is 5.69. The minimum absolute atomic E-state index is 0.0253. The average molecular weight is 300 g/mol. The van der Waals surface area contributed by atoms with E-state index >= 15 is 0 Å². The Balaban J connectivity index is 2.20. The summed E-state index contributed by atoms with van der Waals surface area (Å²) in [6, 6.07) is 4.33. The number of anilines is 1. The summed E-state index contributed by atoms with van der Waals surface area (Å²) in [5.41, 5.74) is -0.512. The van der Waals surface area contributed by atoms with Crippen LogP contribution in [0.15, 0.2) is 30.3 Å². The molecule has 0 heterocycles. The first-order chi connectivity index (χ1) is 9.88. The van der Waals surface area contributed by atoms with Crippen molar-refractivity contribution in [2.75, 3.05) is 5.32 Å².